The molecule has 4 rings (SSSR count). The Hall–Kier alpha value is -3.15. The van der Waals surface area contributed by atoms with Gasteiger partial charge in [-0.2, -0.15) is 5.10 Å². The predicted octanol–water partition coefficient (Wildman–Crippen LogP) is 2.72. The lowest BCUT2D eigenvalue weighted by Crippen LogP contribution is -2.33. The third-order valence-corrected chi connectivity index (χ3v) is 5.08. The van der Waals surface area contributed by atoms with Crippen molar-refractivity contribution in [2.24, 2.45) is 11.7 Å². The van der Waals surface area contributed by atoms with Crippen LogP contribution in [0.25, 0.3) is 10.8 Å². The first-order valence-corrected chi connectivity index (χ1v) is 8.71. The van der Waals surface area contributed by atoms with Crippen molar-refractivity contribution in [1.29, 1.82) is 0 Å². The van der Waals surface area contributed by atoms with Gasteiger partial charge in [0, 0.05) is 23.6 Å². The van der Waals surface area contributed by atoms with Crippen LogP contribution in [0.3, 0.4) is 0 Å². The number of hydrogen-bond acceptors (Lipinski definition) is 3. The van der Waals surface area contributed by atoms with E-state index in [4.69, 9.17) is 5.73 Å². The predicted molar refractivity (Wildman–Crippen MR) is 99.5 cm³/mol. The number of anilines is 1. The maximum Gasteiger partial charge on any atom is 0.230 e. The molecule has 26 heavy (non-hydrogen) atoms. The van der Waals surface area contributed by atoms with Crippen LogP contribution in [0.15, 0.2) is 48.5 Å². The molecule has 1 aliphatic rings. The van der Waals surface area contributed by atoms with Crippen LogP contribution in [-0.2, 0) is 16.0 Å². The number of nitrogens with one attached hydrogen (secondary N) is 2. The van der Waals surface area contributed by atoms with Crippen LogP contribution >= 0.6 is 0 Å². The van der Waals surface area contributed by atoms with Gasteiger partial charge in [0.1, 0.15) is 0 Å². The Morgan fingerprint density at radius 1 is 1.15 bits per heavy atom. The van der Waals surface area contributed by atoms with Crippen LogP contribution in [0.4, 0.5) is 5.82 Å². The third-order valence-electron chi connectivity index (χ3n) is 5.08. The summed E-state index contributed by atoms with van der Waals surface area (Å²) in [7, 11) is 0. The summed E-state index contributed by atoms with van der Waals surface area (Å²) in [6.07, 6.45) is 1.76. The zero-order chi connectivity index (χ0) is 18.1. The molecule has 1 aliphatic carbocycles. The Kier molecular flexibility index (Phi) is 4.16. The van der Waals surface area contributed by atoms with Gasteiger partial charge < -0.3 is 11.1 Å². The SMILES string of the molecule is NC(=O)[C@H]1C[C@@H](c2cc(NC(=O)Cc3cccc4ccccc34)n[nH]2)C1. The number of H-pyrrole nitrogens is 1. The van der Waals surface area contributed by atoms with Gasteiger partial charge in [-0.25, -0.2) is 0 Å². The van der Waals surface area contributed by atoms with Gasteiger partial charge in [-0.05, 0) is 29.2 Å². The number of primary amides is 1. The molecule has 0 spiro atoms. The normalized spacial score (nSPS) is 19.1. The van der Waals surface area contributed by atoms with Crippen LogP contribution in [0.1, 0.15) is 30.0 Å². The van der Waals surface area contributed by atoms with E-state index in [1.165, 1.54) is 0 Å². The van der Waals surface area contributed by atoms with Crippen LogP contribution in [0, 0.1) is 5.92 Å². The second kappa shape index (κ2) is 6.63. The number of hydrogen-bond donors (Lipinski definition) is 3. The summed E-state index contributed by atoms with van der Waals surface area (Å²) in [6, 6.07) is 15.8. The van der Waals surface area contributed by atoms with Gasteiger partial charge in [-0.15, -0.1) is 0 Å². The van der Waals surface area contributed by atoms with Crippen LogP contribution < -0.4 is 11.1 Å². The molecule has 0 aliphatic heterocycles. The fourth-order valence-corrected chi connectivity index (χ4v) is 3.52. The molecule has 1 fully saturated rings. The number of aromatic nitrogens is 2. The highest BCUT2D eigenvalue weighted by Gasteiger charge is 2.35. The van der Waals surface area contributed by atoms with Gasteiger partial charge in [0.2, 0.25) is 11.8 Å². The molecule has 6 heteroatoms. The van der Waals surface area contributed by atoms with E-state index in [1.54, 1.807) is 0 Å². The molecular weight excluding hydrogens is 328 g/mol. The Bertz CT molecular complexity index is 967. The molecule has 1 heterocycles. The van der Waals surface area contributed by atoms with Crippen molar-refractivity contribution in [3.05, 3.63) is 59.8 Å². The Labute approximate surface area is 150 Å². The van der Waals surface area contributed by atoms with E-state index in [2.05, 4.69) is 15.5 Å². The Balaban J connectivity index is 1.40. The third kappa shape index (κ3) is 3.18. The monoisotopic (exact) mass is 348 g/mol. The zero-order valence-corrected chi connectivity index (χ0v) is 14.2. The van der Waals surface area contributed by atoms with E-state index in [-0.39, 0.29) is 30.1 Å². The number of nitrogens with zero attached hydrogens (tertiary/aromatic N) is 1. The van der Waals surface area contributed by atoms with Crippen molar-refractivity contribution in [1.82, 2.24) is 10.2 Å². The van der Waals surface area contributed by atoms with Crippen molar-refractivity contribution < 1.29 is 9.59 Å². The van der Waals surface area contributed by atoms with Crippen molar-refractivity contribution in [3.8, 4) is 0 Å². The van der Waals surface area contributed by atoms with Crippen molar-refractivity contribution in [2.75, 3.05) is 5.32 Å². The van der Waals surface area contributed by atoms with Crippen molar-refractivity contribution in [3.63, 3.8) is 0 Å². The molecule has 4 N–H and O–H groups in total. The van der Waals surface area contributed by atoms with Crippen LogP contribution in [-0.4, -0.2) is 22.0 Å². The van der Waals surface area contributed by atoms with Gasteiger partial charge in [0.25, 0.3) is 0 Å². The van der Waals surface area contributed by atoms with E-state index < -0.39 is 0 Å². The summed E-state index contributed by atoms with van der Waals surface area (Å²) in [5.41, 5.74) is 7.22. The van der Waals surface area contributed by atoms with Crippen LogP contribution in [0.5, 0.6) is 0 Å². The summed E-state index contributed by atoms with van der Waals surface area (Å²) < 4.78 is 0. The molecule has 0 saturated heterocycles. The van der Waals surface area contributed by atoms with Gasteiger partial charge >= 0.3 is 0 Å². The lowest BCUT2D eigenvalue weighted by molar-refractivity contribution is -0.124. The first kappa shape index (κ1) is 16.3. The minimum atomic E-state index is -0.246. The average Bonchev–Trinajstić information content (AvgIpc) is 3.01. The van der Waals surface area contributed by atoms with Gasteiger partial charge in [-0.3, -0.25) is 14.7 Å². The maximum atomic E-state index is 12.4. The minimum Gasteiger partial charge on any atom is -0.369 e. The standard InChI is InChI=1S/C20H20N4O2/c21-20(26)15-8-14(9-15)17-11-18(24-23-17)22-19(25)10-13-6-3-5-12-4-1-2-7-16(12)13/h1-7,11,14-15H,8-10H2,(H2,21,26)(H2,22,23,24,25)/t14-,15+. The van der Waals surface area contributed by atoms with E-state index in [0.29, 0.717) is 5.82 Å². The largest absolute Gasteiger partial charge is 0.369 e. The number of nitrogens with two attached hydrogens (primary N) is 1. The fraction of sp³-hybridized carbons (Fsp3) is 0.250. The van der Waals surface area contributed by atoms with Gasteiger partial charge in [-0.1, -0.05) is 42.5 Å². The van der Waals surface area contributed by atoms with E-state index in [0.717, 1.165) is 34.9 Å². The molecule has 0 atom stereocenters. The highest BCUT2D eigenvalue weighted by molar-refractivity contribution is 5.95. The van der Waals surface area contributed by atoms with Gasteiger partial charge in [0.05, 0.1) is 6.42 Å². The first-order chi connectivity index (χ1) is 12.6. The number of carbonyl (C=O) groups is 2. The molecule has 0 unspecified atom stereocenters. The second-order valence-electron chi connectivity index (χ2n) is 6.84. The number of rotatable bonds is 5. The molecule has 0 bridgehead atoms. The smallest absolute Gasteiger partial charge is 0.230 e. The highest BCUT2D eigenvalue weighted by atomic mass is 16.2. The Morgan fingerprint density at radius 2 is 1.92 bits per heavy atom. The first-order valence-electron chi connectivity index (χ1n) is 8.71. The topological polar surface area (TPSA) is 101 Å². The maximum absolute atomic E-state index is 12.4. The quantitative estimate of drug-likeness (QED) is 0.661. The molecule has 6 nitrogen and oxygen atoms in total. The lowest BCUT2D eigenvalue weighted by Gasteiger charge is -2.31. The van der Waals surface area contributed by atoms with E-state index in [1.807, 2.05) is 48.5 Å². The number of fused-ring (bicyclic) bond motifs is 1. The molecular formula is C20H20N4O2. The van der Waals surface area contributed by atoms with Gasteiger partial charge in [0.15, 0.2) is 5.82 Å². The van der Waals surface area contributed by atoms with E-state index >= 15 is 0 Å². The number of amides is 2. The van der Waals surface area contributed by atoms with Crippen molar-refractivity contribution in [2.45, 2.75) is 25.2 Å². The molecule has 0 radical (unpaired) electrons. The summed E-state index contributed by atoms with van der Waals surface area (Å²) in [6.45, 7) is 0. The number of benzene rings is 2. The fourth-order valence-electron chi connectivity index (χ4n) is 3.52. The summed E-state index contributed by atoms with van der Waals surface area (Å²) in [4.78, 5) is 23.5. The zero-order valence-electron chi connectivity index (χ0n) is 14.2. The molecule has 2 aromatic carbocycles. The van der Waals surface area contributed by atoms with Crippen molar-refractivity contribution >= 4 is 28.4 Å². The molecule has 1 saturated carbocycles. The molecule has 2 amide bonds. The minimum absolute atomic E-state index is 0.0484. The average molecular weight is 348 g/mol. The van der Waals surface area contributed by atoms with Crippen LogP contribution in [0.2, 0.25) is 0 Å². The number of carbonyl (C=O) groups excluding carboxylic acids is 2. The lowest BCUT2D eigenvalue weighted by atomic mass is 9.73. The summed E-state index contributed by atoms with van der Waals surface area (Å²) in [5.74, 6) is 0.358. The molecule has 3 aromatic rings. The molecule has 1 aromatic heterocycles. The molecule has 132 valence electrons. The summed E-state index contributed by atoms with van der Waals surface area (Å²) in [5, 5.41) is 12.2. The summed E-state index contributed by atoms with van der Waals surface area (Å²) >= 11 is 0. The number of aromatic amines is 1. The van der Waals surface area contributed by atoms with E-state index in [9.17, 15) is 9.59 Å². The highest BCUT2D eigenvalue weighted by Crippen LogP contribution is 2.41. The Morgan fingerprint density at radius 3 is 2.73 bits per heavy atom. The second-order valence-corrected chi connectivity index (χ2v) is 6.84.